The first-order valence-corrected chi connectivity index (χ1v) is 6.83. The van der Waals surface area contributed by atoms with Gasteiger partial charge < -0.3 is 9.26 Å². The average molecular weight is 365 g/mol. The van der Waals surface area contributed by atoms with Crippen LogP contribution >= 0.6 is 39.1 Å². The number of hydrogen-bond acceptors (Lipinski definition) is 4. The Labute approximate surface area is 127 Å². The van der Waals surface area contributed by atoms with Gasteiger partial charge in [0, 0.05) is 12.0 Å². The van der Waals surface area contributed by atoms with E-state index in [4.69, 9.17) is 27.7 Å². The molecule has 0 unspecified atom stereocenters. The second kappa shape index (κ2) is 6.41. The van der Waals surface area contributed by atoms with Crippen molar-refractivity contribution < 1.29 is 14.1 Å². The smallest absolute Gasteiger partial charge is 0.293 e. The molecule has 19 heavy (non-hydrogen) atoms. The highest BCUT2D eigenvalue weighted by atomic mass is 79.9. The van der Waals surface area contributed by atoms with E-state index in [0.717, 1.165) is 5.56 Å². The molecule has 0 N–H and O–H groups in total. The van der Waals surface area contributed by atoms with Crippen molar-refractivity contribution in [2.45, 2.75) is 6.42 Å². The van der Waals surface area contributed by atoms with Gasteiger partial charge >= 0.3 is 0 Å². The summed E-state index contributed by atoms with van der Waals surface area (Å²) < 4.78 is 10.6. The van der Waals surface area contributed by atoms with Crippen LogP contribution in [0.25, 0.3) is 11.3 Å². The molecule has 0 atom stereocenters. The topological polar surface area (TPSA) is 52.3 Å². The van der Waals surface area contributed by atoms with Crippen LogP contribution < -0.4 is 0 Å². The van der Waals surface area contributed by atoms with Crippen molar-refractivity contribution in [1.82, 2.24) is 5.16 Å². The highest BCUT2D eigenvalue weighted by molar-refractivity contribution is 9.10. The van der Waals surface area contributed by atoms with Crippen molar-refractivity contribution in [3.8, 4) is 11.3 Å². The molecule has 2 rings (SSSR count). The lowest BCUT2D eigenvalue weighted by Gasteiger charge is -2.00. The lowest BCUT2D eigenvalue weighted by molar-refractivity contribution is -0.128. The molecule has 2 aromatic rings. The molecule has 4 nitrogen and oxygen atoms in total. The maximum atomic E-state index is 10.1. The predicted octanol–water partition coefficient (Wildman–Crippen LogP) is 4.13. The predicted molar refractivity (Wildman–Crippen MR) is 75.4 cm³/mol. The zero-order valence-corrected chi connectivity index (χ0v) is 12.6. The van der Waals surface area contributed by atoms with E-state index in [1.807, 2.05) is 0 Å². The fourth-order valence-corrected chi connectivity index (χ4v) is 2.36. The molecule has 100 valence electrons. The molecule has 0 saturated carbocycles. The van der Waals surface area contributed by atoms with Crippen LogP contribution in [0.2, 0.25) is 10.0 Å². The van der Waals surface area contributed by atoms with Gasteiger partial charge in [-0.3, -0.25) is 4.79 Å². The highest BCUT2D eigenvalue weighted by Gasteiger charge is 2.16. The van der Waals surface area contributed by atoms with Crippen LogP contribution in [-0.4, -0.2) is 18.2 Å². The third-order valence-electron chi connectivity index (χ3n) is 2.41. The first-order valence-electron chi connectivity index (χ1n) is 5.28. The van der Waals surface area contributed by atoms with E-state index < -0.39 is 0 Å². The van der Waals surface area contributed by atoms with Gasteiger partial charge in [0.1, 0.15) is 5.69 Å². The summed E-state index contributed by atoms with van der Waals surface area (Å²) in [4.78, 5) is 10.1. The third-order valence-corrected chi connectivity index (χ3v) is 3.96. The molecule has 0 aliphatic rings. The van der Waals surface area contributed by atoms with E-state index >= 15 is 0 Å². The lowest BCUT2D eigenvalue weighted by Crippen LogP contribution is -1.97. The number of hydrogen-bond donors (Lipinski definition) is 0. The number of halogens is 3. The molecule has 0 aliphatic carbocycles. The third kappa shape index (κ3) is 3.29. The number of benzene rings is 1. The highest BCUT2D eigenvalue weighted by Crippen LogP contribution is 2.34. The Morgan fingerprint density at radius 1 is 1.37 bits per heavy atom. The molecule has 0 aliphatic heterocycles. The minimum atomic E-state index is 0.245. The molecule has 0 bridgehead atoms. The van der Waals surface area contributed by atoms with Crippen LogP contribution in [0.4, 0.5) is 0 Å². The monoisotopic (exact) mass is 363 g/mol. The Hall–Kier alpha value is -1.04. The number of aromatic nitrogens is 1. The molecular formula is C12H8BrCl2NO3. The van der Waals surface area contributed by atoms with Gasteiger partial charge in [-0.1, -0.05) is 28.4 Å². The molecule has 7 heteroatoms. The van der Waals surface area contributed by atoms with E-state index in [9.17, 15) is 4.79 Å². The van der Waals surface area contributed by atoms with Gasteiger partial charge in [-0.15, -0.1) is 0 Å². The Bertz CT molecular complexity index is 601. The van der Waals surface area contributed by atoms with Gasteiger partial charge in [0.05, 0.1) is 21.1 Å². The van der Waals surface area contributed by atoms with Crippen molar-refractivity contribution in [3.05, 3.63) is 38.4 Å². The van der Waals surface area contributed by atoms with Crippen molar-refractivity contribution in [2.24, 2.45) is 0 Å². The fraction of sp³-hybridized carbons (Fsp3) is 0.167. The fourth-order valence-electron chi connectivity index (χ4n) is 1.49. The number of rotatable bonds is 5. The lowest BCUT2D eigenvalue weighted by atomic mass is 10.1. The van der Waals surface area contributed by atoms with E-state index in [2.05, 4.69) is 25.8 Å². The summed E-state index contributed by atoms with van der Waals surface area (Å²) >= 11 is 15.2. The Morgan fingerprint density at radius 3 is 2.84 bits per heavy atom. The second-order valence-electron chi connectivity index (χ2n) is 3.62. The molecule has 1 heterocycles. The summed E-state index contributed by atoms with van der Waals surface area (Å²) in [5.41, 5.74) is 1.43. The molecular weight excluding hydrogens is 357 g/mol. The maximum Gasteiger partial charge on any atom is 0.293 e. The number of carbonyl (C=O) groups is 1. The first-order chi connectivity index (χ1) is 9.13. The second-order valence-corrected chi connectivity index (χ2v) is 5.23. The largest absolute Gasteiger partial charge is 0.467 e. The molecule has 0 amide bonds. The molecule has 0 spiro atoms. The SMILES string of the molecule is O=COCCc1noc(-c2ccc(Cl)c(Cl)c2)c1Br. The molecule has 1 aromatic heterocycles. The van der Waals surface area contributed by atoms with Gasteiger partial charge in [-0.2, -0.15) is 0 Å². The summed E-state index contributed by atoms with van der Waals surface area (Å²) in [5.74, 6) is 0.555. The number of ether oxygens (including phenoxy) is 1. The van der Waals surface area contributed by atoms with Crippen LogP contribution in [-0.2, 0) is 16.0 Å². The zero-order valence-electron chi connectivity index (χ0n) is 9.53. The van der Waals surface area contributed by atoms with Crippen LogP contribution in [0.1, 0.15) is 5.69 Å². The van der Waals surface area contributed by atoms with E-state index in [-0.39, 0.29) is 6.61 Å². The summed E-state index contributed by atoms with van der Waals surface area (Å²) in [6.07, 6.45) is 0.462. The van der Waals surface area contributed by atoms with Crippen molar-refractivity contribution in [1.29, 1.82) is 0 Å². The van der Waals surface area contributed by atoms with Crippen molar-refractivity contribution in [3.63, 3.8) is 0 Å². The van der Waals surface area contributed by atoms with Crippen LogP contribution in [0, 0.1) is 0 Å². The molecule has 1 aromatic carbocycles. The number of carbonyl (C=O) groups excluding carboxylic acids is 1. The summed E-state index contributed by atoms with van der Waals surface area (Å²) in [5, 5.41) is 4.83. The minimum Gasteiger partial charge on any atom is -0.467 e. The van der Waals surface area contributed by atoms with E-state index in [0.29, 0.717) is 38.9 Å². The normalized spacial score (nSPS) is 10.5. The number of nitrogens with zero attached hydrogens (tertiary/aromatic N) is 1. The minimum absolute atomic E-state index is 0.245. The van der Waals surface area contributed by atoms with E-state index in [1.165, 1.54) is 0 Å². The quantitative estimate of drug-likeness (QED) is 0.591. The standard InChI is InChI=1S/C12H8BrCl2NO3/c13-11-10(3-4-18-6-17)16-19-12(11)7-1-2-8(14)9(15)5-7/h1-2,5-6H,3-4H2. The Balaban J connectivity index is 2.25. The van der Waals surface area contributed by atoms with Crippen LogP contribution in [0.3, 0.4) is 0 Å². The summed E-state index contributed by atoms with van der Waals surface area (Å²) in [6.45, 7) is 0.642. The van der Waals surface area contributed by atoms with E-state index in [1.54, 1.807) is 18.2 Å². The summed E-state index contributed by atoms with van der Waals surface area (Å²) in [6, 6.07) is 5.16. The van der Waals surface area contributed by atoms with Gasteiger partial charge in [-0.05, 0) is 34.1 Å². The zero-order chi connectivity index (χ0) is 13.8. The van der Waals surface area contributed by atoms with Gasteiger partial charge in [0.2, 0.25) is 0 Å². The van der Waals surface area contributed by atoms with Gasteiger partial charge in [0.15, 0.2) is 5.76 Å². The van der Waals surface area contributed by atoms with Crippen molar-refractivity contribution >= 4 is 45.6 Å². The maximum absolute atomic E-state index is 10.1. The average Bonchev–Trinajstić information content (AvgIpc) is 2.75. The molecule has 0 radical (unpaired) electrons. The Kier molecular flexibility index (Phi) is 4.85. The summed E-state index contributed by atoms with van der Waals surface area (Å²) in [7, 11) is 0. The molecule has 0 saturated heterocycles. The van der Waals surface area contributed by atoms with Crippen molar-refractivity contribution in [2.75, 3.05) is 6.61 Å². The van der Waals surface area contributed by atoms with Gasteiger partial charge in [-0.25, -0.2) is 0 Å². The van der Waals surface area contributed by atoms with Crippen LogP contribution in [0.5, 0.6) is 0 Å². The van der Waals surface area contributed by atoms with Gasteiger partial charge in [0.25, 0.3) is 6.47 Å². The first kappa shape index (κ1) is 14.4. The Morgan fingerprint density at radius 2 is 2.16 bits per heavy atom. The van der Waals surface area contributed by atoms with Crippen LogP contribution in [0.15, 0.2) is 27.2 Å². The molecule has 0 fully saturated rings.